The van der Waals surface area contributed by atoms with Gasteiger partial charge in [-0.15, -0.1) is 0 Å². The van der Waals surface area contributed by atoms with Gasteiger partial charge >= 0.3 is 0 Å². The minimum Gasteiger partial charge on any atom is -0.468 e. The van der Waals surface area contributed by atoms with Crippen molar-refractivity contribution in [1.29, 1.82) is 0 Å². The van der Waals surface area contributed by atoms with Crippen LogP contribution < -0.4 is 5.32 Å². The van der Waals surface area contributed by atoms with Gasteiger partial charge in [0.05, 0.1) is 17.2 Å². The molecule has 2 aromatic rings. The normalized spacial score (nSPS) is 17.1. The van der Waals surface area contributed by atoms with Gasteiger partial charge in [-0.25, -0.2) is 8.42 Å². The smallest absolute Gasteiger partial charge is 0.251 e. The van der Waals surface area contributed by atoms with Gasteiger partial charge in [0.15, 0.2) is 0 Å². The van der Waals surface area contributed by atoms with Crippen molar-refractivity contribution >= 4 is 15.9 Å². The molecule has 1 aliphatic rings. The second kappa shape index (κ2) is 9.56. The Morgan fingerprint density at radius 3 is 2.48 bits per heavy atom. The van der Waals surface area contributed by atoms with E-state index in [0.29, 0.717) is 25.2 Å². The molecule has 0 radical (unpaired) electrons. The zero-order valence-corrected chi connectivity index (χ0v) is 17.8. The van der Waals surface area contributed by atoms with Gasteiger partial charge in [0.2, 0.25) is 10.0 Å². The molecule has 1 fully saturated rings. The van der Waals surface area contributed by atoms with E-state index in [4.69, 9.17) is 4.42 Å². The van der Waals surface area contributed by atoms with Crippen molar-refractivity contribution in [2.45, 2.75) is 36.6 Å². The quantitative estimate of drug-likeness (QED) is 0.746. The SMILES string of the molecule is CN(C)C(CNC(=O)c1cccc(S(=O)(=O)N2CCCCCC2)c1)c1ccco1. The van der Waals surface area contributed by atoms with Gasteiger partial charge in [-0.2, -0.15) is 4.31 Å². The number of rotatable bonds is 7. The van der Waals surface area contributed by atoms with E-state index < -0.39 is 10.0 Å². The molecule has 1 aliphatic heterocycles. The van der Waals surface area contributed by atoms with Crippen LogP contribution in [-0.4, -0.2) is 57.3 Å². The van der Waals surface area contributed by atoms with Crippen molar-refractivity contribution in [2.24, 2.45) is 0 Å². The van der Waals surface area contributed by atoms with E-state index in [2.05, 4.69) is 5.32 Å². The number of nitrogens with one attached hydrogen (secondary N) is 1. The van der Waals surface area contributed by atoms with Crippen LogP contribution in [0.1, 0.15) is 47.8 Å². The van der Waals surface area contributed by atoms with Gasteiger partial charge in [0.25, 0.3) is 5.91 Å². The zero-order valence-electron chi connectivity index (χ0n) is 17.0. The molecule has 1 unspecified atom stereocenters. The largest absolute Gasteiger partial charge is 0.468 e. The standard InChI is InChI=1S/C21H29N3O4S/c1-23(2)19(20-11-8-14-28-20)16-22-21(25)17-9-7-10-18(15-17)29(26,27)24-12-5-3-4-6-13-24/h7-11,14-15,19H,3-6,12-13,16H2,1-2H3,(H,22,25). The Hall–Kier alpha value is -2.16. The van der Waals surface area contributed by atoms with Crippen LogP contribution in [0.3, 0.4) is 0 Å². The molecule has 1 aromatic carbocycles. The first kappa shape index (κ1) is 21.5. The molecular formula is C21H29N3O4S. The summed E-state index contributed by atoms with van der Waals surface area (Å²) in [5.74, 6) is 0.448. The van der Waals surface area contributed by atoms with Crippen LogP contribution in [0.15, 0.2) is 52.0 Å². The minimum atomic E-state index is -3.59. The van der Waals surface area contributed by atoms with Crippen LogP contribution in [0.2, 0.25) is 0 Å². The van der Waals surface area contributed by atoms with E-state index in [1.165, 1.54) is 10.4 Å². The van der Waals surface area contributed by atoms with E-state index in [9.17, 15) is 13.2 Å². The molecule has 0 saturated carbocycles. The van der Waals surface area contributed by atoms with Gasteiger partial charge in [-0.3, -0.25) is 9.69 Å². The Bertz CT molecular complexity index is 902. The van der Waals surface area contributed by atoms with Gasteiger partial charge in [0.1, 0.15) is 5.76 Å². The molecular weight excluding hydrogens is 390 g/mol. The summed E-state index contributed by atoms with van der Waals surface area (Å²) in [7, 11) is 0.229. The Labute approximate surface area is 172 Å². The van der Waals surface area contributed by atoms with Crippen LogP contribution >= 0.6 is 0 Å². The number of benzene rings is 1. The predicted octanol–water partition coefficient (Wildman–Crippen LogP) is 2.88. The van der Waals surface area contributed by atoms with E-state index in [1.54, 1.807) is 24.5 Å². The highest BCUT2D eigenvalue weighted by Crippen LogP contribution is 2.22. The lowest BCUT2D eigenvalue weighted by atomic mass is 10.2. The fourth-order valence-corrected chi connectivity index (χ4v) is 5.10. The lowest BCUT2D eigenvalue weighted by Gasteiger charge is -2.23. The molecule has 0 bridgehead atoms. The third-order valence-corrected chi connectivity index (χ3v) is 7.14. The number of furan rings is 1. The lowest BCUT2D eigenvalue weighted by Crippen LogP contribution is -2.35. The highest BCUT2D eigenvalue weighted by molar-refractivity contribution is 7.89. The summed E-state index contributed by atoms with van der Waals surface area (Å²) in [6, 6.07) is 9.84. The van der Waals surface area contributed by atoms with Gasteiger partial charge in [-0.1, -0.05) is 18.9 Å². The van der Waals surface area contributed by atoms with Crippen molar-refractivity contribution in [3.05, 3.63) is 54.0 Å². The first-order valence-corrected chi connectivity index (χ1v) is 11.4. The molecule has 1 saturated heterocycles. The van der Waals surface area contributed by atoms with E-state index in [1.807, 2.05) is 31.1 Å². The molecule has 1 N–H and O–H groups in total. The summed E-state index contributed by atoms with van der Waals surface area (Å²) >= 11 is 0. The molecule has 7 nitrogen and oxygen atoms in total. The van der Waals surface area contributed by atoms with Crippen LogP contribution in [-0.2, 0) is 10.0 Å². The summed E-state index contributed by atoms with van der Waals surface area (Å²) < 4.78 is 33.0. The van der Waals surface area contributed by atoms with Crippen LogP contribution in [0.25, 0.3) is 0 Å². The number of nitrogens with zero attached hydrogens (tertiary/aromatic N) is 2. The van der Waals surface area contributed by atoms with Crippen LogP contribution in [0.5, 0.6) is 0 Å². The fourth-order valence-electron chi connectivity index (χ4n) is 3.54. The fraction of sp³-hybridized carbons (Fsp3) is 0.476. The Morgan fingerprint density at radius 1 is 1.14 bits per heavy atom. The predicted molar refractivity (Wildman–Crippen MR) is 111 cm³/mol. The zero-order chi connectivity index (χ0) is 20.9. The summed E-state index contributed by atoms with van der Waals surface area (Å²) in [6.07, 6.45) is 5.45. The number of carbonyl (C=O) groups excluding carboxylic acids is 1. The number of hydrogen-bond acceptors (Lipinski definition) is 5. The van der Waals surface area contributed by atoms with Crippen molar-refractivity contribution in [3.63, 3.8) is 0 Å². The summed E-state index contributed by atoms with van der Waals surface area (Å²) in [4.78, 5) is 14.8. The second-order valence-electron chi connectivity index (χ2n) is 7.55. The molecule has 29 heavy (non-hydrogen) atoms. The maximum atomic E-state index is 13.0. The summed E-state index contributed by atoms with van der Waals surface area (Å²) in [5.41, 5.74) is 0.331. The topological polar surface area (TPSA) is 82.9 Å². The molecule has 1 amide bonds. The highest BCUT2D eigenvalue weighted by atomic mass is 32.2. The van der Waals surface area contributed by atoms with Crippen molar-refractivity contribution < 1.29 is 17.6 Å². The summed E-state index contributed by atoms with van der Waals surface area (Å²) in [5, 5.41) is 2.89. The molecule has 1 atom stereocenters. The van der Waals surface area contributed by atoms with E-state index >= 15 is 0 Å². The molecule has 2 heterocycles. The number of likely N-dealkylation sites (N-methyl/N-ethyl adjacent to an activating group) is 1. The van der Waals surface area contributed by atoms with Crippen LogP contribution in [0, 0.1) is 0 Å². The maximum absolute atomic E-state index is 13.0. The van der Waals surface area contributed by atoms with Gasteiger partial charge < -0.3 is 9.73 Å². The molecule has 0 aliphatic carbocycles. The van der Waals surface area contributed by atoms with Crippen LogP contribution in [0.4, 0.5) is 0 Å². The van der Waals surface area contributed by atoms with Crippen molar-refractivity contribution in [1.82, 2.24) is 14.5 Å². The third kappa shape index (κ3) is 5.26. The Kier molecular flexibility index (Phi) is 7.10. The molecule has 0 spiro atoms. The first-order valence-electron chi connectivity index (χ1n) is 9.98. The highest BCUT2D eigenvalue weighted by Gasteiger charge is 2.26. The third-order valence-electron chi connectivity index (χ3n) is 5.25. The molecule has 8 heteroatoms. The second-order valence-corrected chi connectivity index (χ2v) is 9.49. The number of sulfonamides is 1. The van der Waals surface area contributed by atoms with E-state index in [-0.39, 0.29) is 16.8 Å². The van der Waals surface area contributed by atoms with Gasteiger partial charge in [0, 0.05) is 25.2 Å². The van der Waals surface area contributed by atoms with Crippen molar-refractivity contribution in [3.8, 4) is 0 Å². The number of carbonyl (C=O) groups is 1. The minimum absolute atomic E-state index is 0.113. The Morgan fingerprint density at radius 2 is 1.86 bits per heavy atom. The lowest BCUT2D eigenvalue weighted by molar-refractivity contribution is 0.0939. The van der Waals surface area contributed by atoms with E-state index in [0.717, 1.165) is 31.4 Å². The number of hydrogen-bond donors (Lipinski definition) is 1. The van der Waals surface area contributed by atoms with Crippen molar-refractivity contribution in [2.75, 3.05) is 33.7 Å². The average Bonchev–Trinajstić information content (AvgIpc) is 3.08. The molecule has 3 rings (SSSR count). The Balaban J connectivity index is 1.72. The average molecular weight is 420 g/mol. The molecule has 158 valence electrons. The summed E-state index contributed by atoms with van der Waals surface area (Å²) in [6.45, 7) is 1.42. The monoisotopic (exact) mass is 419 g/mol. The first-order chi connectivity index (χ1) is 13.9. The number of amides is 1. The maximum Gasteiger partial charge on any atom is 0.251 e. The van der Waals surface area contributed by atoms with Gasteiger partial charge in [-0.05, 0) is 57.3 Å². The molecule has 1 aromatic heterocycles.